The third-order valence-electron chi connectivity index (χ3n) is 4.00. The summed E-state index contributed by atoms with van der Waals surface area (Å²) in [5, 5.41) is 12.5. The SMILES string of the molecule is CCCCCCCCCCNC(Cc1ccccc1)C(=O)O.[H-].[Na+]. The van der Waals surface area contributed by atoms with Crippen LogP contribution in [0.5, 0.6) is 0 Å². The first-order valence-corrected chi connectivity index (χ1v) is 8.74. The number of rotatable bonds is 13. The summed E-state index contributed by atoms with van der Waals surface area (Å²) in [6, 6.07) is 9.33. The van der Waals surface area contributed by atoms with Crippen molar-refractivity contribution in [2.24, 2.45) is 0 Å². The van der Waals surface area contributed by atoms with Crippen LogP contribution in [0.1, 0.15) is 65.3 Å². The van der Waals surface area contributed by atoms with E-state index in [0.29, 0.717) is 6.42 Å². The second-order valence-corrected chi connectivity index (χ2v) is 6.01. The number of aliphatic carboxylic acids is 1. The minimum Gasteiger partial charge on any atom is -1.00 e. The van der Waals surface area contributed by atoms with Crippen molar-refractivity contribution in [3.05, 3.63) is 35.9 Å². The van der Waals surface area contributed by atoms with E-state index in [2.05, 4.69) is 12.2 Å². The number of nitrogens with one attached hydrogen (secondary N) is 1. The first-order valence-electron chi connectivity index (χ1n) is 8.74. The van der Waals surface area contributed by atoms with Crippen LogP contribution in [0.15, 0.2) is 30.3 Å². The van der Waals surface area contributed by atoms with Gasteiger partial charge in [0, 0.05) is 0 Å². The standard InChI is InChI=1S/C19H31NO2.Na.H/c1-2-3-4-5-6-7-8-12-15-20-18(19(21)22)16-17-13-10-9-11-14-17;;/h9-11,13-14,18,20H,2-8,12,15-16H2,1H3,(H,21,22);;/q;+1;-1. The Bertz CT molecular complexity index is 404. The third kappa shape index (κ3) is 11.8. The molecule has 0 aliphatic rings. The normalized spacial score (nSPS) is 11.7. The van der Waals surface area contributed by atoms with Gasteiger partial charge in [-0.15, -0.1) is 0 Å². The molecule has 0 spiro atoms. The van der Waals surface area contributed by atoms with E-state index in [0.717, 1.165) is 18.5 Å². The number of carbonyl (C=O) groups is 1. The molecule has 1 aromatic carbocycles. The first-order chi connectivity index (χ1) is 10.7. The van der Waals surface area contributed by atoms with Crippen LogP contribution in [-0.4, -0.2) is 23.7 Å². The van der Waals surface area contributed by atoms with Gasteiger partial charge in [0.15, 0.2) is 0 Å². The molecule has 0 radical (unpaired) electrons. The van der Waals surface area contributed by atoms with Gasteiger partial charge in [-0.05, 0) is 24.9 Å². The van der Waals surface area contributed by atoms with Crippen molar-refractivity contribution in [3.8, 4) is 0 Å². The Kier molecular flexibility index (Phi) is 15.0. The summed E-state index contributed by atoms with van der Waals surface area (Å²) in [6.07, 6.45) is 10.7. The second-order valence-electron chi connectivity index (χ2n) is 6.01. The smallest absolute Gasteiger partial charge is 1.00 e. The number of carboxylic acids is 1. The van der Waals surface area contributed by atoms with E-state index >= 15 is 0 Å². The molecule has 1 unspecified atom stereocenters. The predicted octanol–water partition coefficient (Wildman–Crippen LogP) is 1.53. The molecule has 1 rings (SSSR count). The van der Waals surface area contributed by atoms with Crippen LogP contribution in [0.25, 0.3) is 0 Å². The van der Waals surface area contributed by atoms with E-state index in [1.54, 1.807) is 0 Å². The van der Waals surface area contributed by atoms with Gasteiger partial charge in [-0.25, -0.2) is 0 Å². The molecule has 23 heavy (non-hydrogen) atoms. The van der Waals surface area contributed by atoms with E-state index in [-0.39, 0.29) is 31.0 Å². The first kappa shape index (κ1) is 22.6. The largest absolute Gasteiger partial charge is 1.00 e. The molecule has 0 aliphatic carbocycles. The molecule has 0 bridgehead atoms. The van der Waals surface area contributed by atoms with Gasteiger partial charge in [-0.2, -0.15) is 0 Å². The fourth-order valence-electron chi connectivity index (χ4n) is 2.63. The fraction of sp³-hybridized carbons (Fsp3) is 0.632. The summed E-state index contributed by atoms with van der Waals surface area (Å²) in [5.41, 5.74) is 1.07. The van der Waals surface area contributed by atoms with E-state index in [9.17, 15) is 9.90 Å². The van der Waals surface area contributed by atoms with Crippen LogP contribution < -0.4 is 34.9 Å². The fourth-order valence-corrected chi connectivity index (χ4v) is 2.63. The maximum atomic E-state index is 11.3. The van der Waals surface area contributed by atoms with Crippen molar-refractivity contribution in [1.82, 2.24) is 5.32 Å². The van der Waals surface area contributed by atoms with E-state index in [4.69, 9.17) is 0 Å². The Balaban J connectivity index is 0. The molecule has 1 atom stereocenters. The van der Waals surface area contributed by atoms with E-state index in [1.807, 2.05) is 30.3 Å². The molecule has 1 aromatic rings. The zero-order valence-electron chi connectivity index (χ0n) is 15.9. The molecule has 0 aliphatic heterocycles. The van der Waals surface area contributed by atoms with Gasteiger partial charge in [0.05, 0.1) is 0 Å². The summed E-state index contributed by atoms with van der Waals surface area (Å²) in [7, 11) is 0. The van der Waals surface area contributed by atoms with Gasteiger partial charge < -0.3 is 11.8 Å². The number of hydrogen-bond acceptors (Lipinski definition) is 2. The molecule has 0 amide bonds. The van der Waals surface area contributed by atoms with Crippen LogP contribution in [0.2, 0.25) is 0 Å². The molecular weight excluding hydrogens is 297 g/mol. The molecule has 0 aromatic heterocycles. The van der Waals surface area contributed by atoms with E-state index in [1.165, 1.54) is 44.9 Å². The number of hydrogen-bond donors (Lipinski definition) is 2. The summed E-state index contributed by atoms with van der Waals surface area (Å²) in [6.45, 7) is 3.03. The Morgan fingerprint density at radius 2 is 1.61 bits per heavy atom. The van der Waals surface area contributed by atoms with Crippen molar-refractivity contribution in [2.45, 2.75) is 70.8 Å². The maximum Gasteiger partial charge on any atom is 1.00 e. The van der Waals surface area contributed by atoms with Gasteiger partial charge >= 0.3 is 35.5 Å². The Morgan fingerprint density at radius 1 is 1.04 bits per heavy atom. The van der Waals surface area contributed by atoms with Gasteiger partial charge in [0.25, 0.3) is 0 Å². The minimum atomic E-state index is -0.761. The number of unbranched alkanes of at least 4 members (excludes halogenated alkanes) is 7. The number of carboxylic acid groups (broad SMARTS) is 1. The molecule has 126 valence electrons. The summed E-state index contributed by atoms with van der Waals surface area (Å²) in [4.78, 5) is 11.3. The zero-order valence-corrected chi connectivity index (χ0v) is 16.9. The van der Waals surface area contributed by atoms with Gasteiger partial charge in [-0.3, -0.25) is 4.79 Å². The maximum absolute atomic E-state index is 11.3. The van der Waals surface area contributed by atoms with Crippen molar-refractivity contribution < 1.29 is 40.9 Å². The predicted molar refractivity (Wildman–Crippen MR) is 93.3 cm³/mol. The average molecular weight is 329 g/mol. The van der Waals surface area contributed by atoms with Crippen LogP contribution in [-0.2, 0) is 11.2 Å². The zero-order chi connectivity index (χ0) is 16.0. The molecule has 3 nitrogen and oxygen atoms in total. The third-order valence-corrected chi connectivity index (χ3v) is 4.00. The van der Waals surface area contributed by atoms with Gasteiger partial charge in [0.2, 0.25) is 0 Å². The molecule has 0 saturated heterocycles. The summed E-state index contributed by atoms with van der Waals surface area (Å²) < 4.78 is 0. The summed E-state index contributed by atoms with van der Waals surface area (Å²) in [5.74, 6) is -0.761. The van der Waals surface area contributed by atoms with Crippen LogP contribution in [0.4, 0.5) is 0 Å². The quantitative estimate of drug-likeness (QED) is 0.426. The monoisotopic (exact) mass is 329 g/mol. The van der Waals surface area contributed by atoms with Crippen LogP contribution in [0.3, 0.4) is 0 Å². The molecule has 0 fully saturated rings. The Labute approximate surface area is 165 Å². The molecule has 0 heterocycles. The molecule has 0 saturated carbocycles. The average Bonchev–Trinajstić information content (AvgIpc) is 2.53. The van der Waals surface area contributed by atoms with Gasteiger partial charge in [0.1, 0.15) is 6.04 Å². The van der Waals surface area contributed by atoms with Gasteiger partial charge in [-0.1, -0.05) is 82.2 Å². The molecule has 2 N–H and O–H groups in total. The Morgan fingerprint density at radius 3 is 2.17 bits per heavy atom. The van der Waals surface area contributed by atoms with Crippen molar-refractivity contribution in [1.29, 1.82) is 0 Å². The second kappa shape index (κ2) is 15.2. The van der Waals surface area contributed by atoms with Crippen molar-refractivity contribution >= 4 is 5.97 Å². The number of benzene rings is 1. The molecule has 4 heteroatoms. The Hall–Kier alpha value is -0.350. The minimum absolute atomic E-state index is 0. The summed E-state index contributed by atoms with van der Waals surface area (Å²) >= 11 is 0. The molecular formula is C19H32NNaO2. The van der Waals surface area contributed by atoms with Crippen molar-refractivity contribution in [2.75, 3.05) is 6.54 Å². The topological polar surface area (TPSA) is 49.3 Å². The van der Waals surface area contributed by atoms with Crippen LogP contribution in [0, 0.1) is 0 Å². The van der Waals surface area contributed by atoms with Crippen LogP contribution >= 0.6 is 0 Å². The van der Waals surface area contributed by atoms with Crippen molar-refractivity contribution in [3.63, 3.8) is 0 Å². The van der Waals surface area contributed by atoms with E-state index < -0.39 is 12.0 Å².